The zero-order chi connectivity index (χ0) is 14.2. The maximum Gasteiger partial charge on any atom is 0.163 e. The third-order valence-electron chi connectivity index (χ3n) is 3.12. The molecule has 0 amide bonds. The number of fused-ring (bicyclic) bond motifs is 2. The summed E-state index contributed by atoms with van der Waals surface area (Å²) in [6, 6.07) is 11.2. The first-order valence-electron chi connectivity index (χ1n) is 6.23. The van der Waals surface area contributed by atoms with Crippen LogP contribution >= 0.6 is 27.7 Å². The molecular weight excluding hydrogens is 348 g/mol. The van der Waals surface area contributed by atoms with Crippen molar-refractivity contribution < 1.29 is 0 Å². The topological polar surface area (TPSA) is 50.7 Å². The van der Waals surface area contributed by atoms with Crippen molar-refractivity contribution in [1.82, 2.24) is 15.0 Å². The molecule has 3 aromatic rings. The van der Waals surface area contributed by atoms with Crippen LogP contribution in [0.2, 0.25) is 0 Å². The second kappa shape index (κ2) is 5.13. The fourth-order valence-corrected chi connectivity index (χ4v) is 3.47. The van der Waals surface area contributed by atoms with Gasteiger partial charge in [0.25, 0.3) is 0 Å². The molecule has 21 heavy (non-hydrogen) atoms. The molecule has 0 aliphatic carbocycles. The largest absolute Gasteiger partial charge is 0.337 e. The fraction of sp³-hybridized carbons (Fsp3) is 0. The number of rotatable bonds is 1. The molecule has 101 valence electrons. The van der Waals surface area contributed by atoms with Gasteiger partial charge in [-0.05, 0) is 39.7 Å². The van der Waals surface area contributed by atoms with E-state index >= 15 is 0 Å². The zero-order valence-electron chi connectivity index (χ0n) is 10.7. The molecule has 6 heteroatoms. The van der Waals surface area contributed by atoms with Crippen molar-refractivity contribution in [3.05, 3.63) is 53.5 Å². The van der Waals surface area contributed by atoms with Gasteiger partial charge in [-0.2, -0.15) is 0 Å². The summed E-state index contributed by atoms with van der Waals surface area (Å²) in [5, 5.41) is 4.23. The van der Waals surface area contributed by atoms with Crippen molar-refractivity contribution in [3.63, 3.8) is 0 Å². The molecule has 0 saturated heterocycles. The molecule has 0 atom stereocenters. The van der Waals surface area contributed by atoms with Crippen molar-refractivity contribution in [2.45, 2.75) is 9.92 Å². The van der Waals surface area contributed by atoms with Crippen LogP contribution in [0.4, 0.5) is 11.5 Å². The van der Waals surface area contributed by atoms with Gasteiger partial charge >= 0.3 is 0 Å². The van der Waals surface area contributed by atoms with Crippen molar-refractivity contribution in [3.8, 4) is 11.1 Å². The first-order valence-corrected chi connectivity index (χ1v) is 7.84. The molecule has 1 radical (unpaired) electrons. The van der Waals surface area contributed by atoms with Crippen molar-refractivity contribution >= 4 is 39.2 Å². The Morgan fingerprint density at radius 2 is 2.05 bits per heavy atom. The van der Waals surface area contributed by atoms with Gasteiger partial charge in [-0.3, -0.25) is 0 Å². The van der Waals surface area contributed by atoms with Gasteiger partial charge in [-0.1, -0.05) is 17.8 Å². The molecule has 4 rings (SSSR count). The third-order valence-corrected chi connectivity index (χ3v) is 4.82. The van der Waals surface area contributed by atoms with Crippen LogP contribution in [0, 0.1) is 6.07 Å². The average Bonchev–Trinajstić information content (AvgIpc) is 2.53. The van der Waals surface area contributed by atoms with E-state index in [1.165, 1.54) is 0 Å². The minimum atomic E-state index is 0.795. The van der Waals surface area contributed by atoms with Gasteiger partial charge in [0.2, 0.25) is 0 Å². The highest BCUT2D eigenvalue weighted by Crippen LogP contribution is 2.43. The lowest BCUT2D eigenvalue weighted by Gasteiger charge is -2.19. The van der Waals surface area contributed by atoms with Gasteiger partial charge < -0.3 is 5.32 Å². The molecule has 0 saturated carbocycles. The highest BCUT2D eigenvalue weighted by molar-refractivity contribution is 9.10. The Morgan fingerprint density at radius 1 is 1.14 bits per heavy atom. The van der Waals surface area contributed by atoms with Crippen LogP contribution in [-0.2, 0) is 0 Å². The predicted octanol–water partition coefficient (Wildman–Crippen LogP) is 4.31. The van der Waals surface area contributed by atoms with Gasteiger partial charge in [0.15, 0.2) is 5.82 Å². The number of benzene rings is 1. The lowest BCUT2D eigenvalue weighted by Crippen LogP contribution is -2.03. The smallest absolute Gasteiger partial charge is 0.163 e. The van der Waals surface area contributed by atoms with Crippen molar-refractivity contribution in [2.75, 3.05) is 5.32 Å². The van der Waals surface area contributed by atoms with Gasteiger partial charge in [-0.15, -0.1) is 0 Å². The predicted molar refractivity (Wildman–Crippen MR) is 85.6 cm³/mol. The molecule has 1 aliphatic rings. The average molecular weight is 356 g/mol. The van der Waals surface area contributed by atoms with E-state index in [0.29, 0.717) is 0 Å². The summed E-state index contributed by atoms with van der Waals surface area (Å²) in [7, 11) is 0. The summed E-state index contributed by atoms with van der Waals surface area (Å²) < 4.78 is 0.810. The van der Waals surface area contributed by atoms with Gasteiger partial charge in [-0.25, -0.2) is 15.0 Å². The first-order chi connectivity index (χ1) is 10.3. The second-order valence-corrected chi connectivity index (χ2v) is 6.20. The second-order valence-electron chi connectivity index (χ2n) is 4.42. The molecule has 2 aromatic heterocycles. The van der Waals surface area contributed by atoms with Crippen LogP contribution in [0.5, 0.6) is 0 Å². The van der Waals surface area contributed by atoms with Crippen LogP contribution in [0.3, 0.4) is 0 Å². The summed E-state index contributed by atoms with van der Waals surface area (Å²) in [6.07, 6.45) is 5.04. The highest BCUT2D eigenvalue weighted by atomic mass is 79.9. The minimum Gasteiger partial charge on any atom is -0.337 e. The lowest BCUT2D eigenvalue weighted by molar-refractivity contribution is 1.05. The quantitative estimate of drug-likeness (QED) is 0.515. The summed E-state index contributed by atoms with van der Waals surface area (Å²) in [4.78, 5) is 14.0. The Balaban J connectivity index is 1.79. The normalized spacial score (nSPS) is 12.2. The van der Waals surface area contributed by atoms with E-state index in [4.69, 9.17) is 0 Å². The van der Waals surface area contributed by atoms with E-state index in [1.54, 1.807) is 30.4 Å². The van der Waals surface area contributed by atoms with E-state index in [0.717, 1.165) is 37.2 Å². The number of halogens is 1. The van der Waals surface area contributed by atoms with Gasteiger partial charge in [0, 0.05) is 35.1 Å². The van der Waals surface area contributed by atoms with E-state index in [-0.39, 0.29) is 0 Å². The Labute approximate surface area is 134 Å². The Morgan fingerprint density at radius 3 is 2.95 bits per heavy atom. The molecule has 1 aliphatic heterocycles. The molecule has 0 fully saturated rings. The van der Waals surface area contributed by atoms with Crippen molar-refractivity contribution in [1.29, 1.82) is 0 Å². The zero-order valence-corrected chi connectivity index (χ0v) is 13.1. The van der Waals surface area contributed by atoms with Crippen LogP contribution < -0.4 is 5.32 Å². The van der Waals surface area contributed by atoms with Gasteiger partial charge in [0.05, 0.1) is 5.69 Å². The van der Waals surface area contributed by atoms with Crippen molar-refractivity contribution in [2.24, 2.45) is 0 Å². The standard InChI is InChI=1S/C15H8BrN4S/c16-13-10(2-1-5-17-13)9-3-4-12-11(8-9)20-14-15(21-12)19-7-6-18-14/h2-8H,(H,18,20). The monoisotopic (exact) mass is 355 g/mol. The van der Waals surface area contributed by atoms with E-state index < -0.39 is 0 Å². The van der Waals surface area contributed by atoms with E-state index in [2.05, 4.69) is 60.5 Å². The Kier molecular flexibility index (Phi) is 3.12. The number of anilines is 2. The van der Waals surface area contributed by atoms with Crippen LogP contribution in [-0.4, -0.2) is 15.0 Å². The molecule has 0 bridgehead atoms. The number of hydrogen-bond donors (Lipinski definition) is 1. The third kappa shape index (κ3) is 2.30. The first kappa shape index (κ1) is 12.8. The molecule has 4 nitrogen and oxygen atoms in total. The number of pyridine rings is 1. The highest BCUT2D eigenvalue weighted by Gasteiger charge is 2.18. The molecule has 0 unspecified atom stereocenters. The maximum atomic E-state index is 4.33. The lowest BCUT2D eigenvalue weighted by atomic mass is 10.1. The number of hydrogen-bond acceptors (Lipinski definition) is 5. The summed E-state index contributed by atoms with van der Waals surface area (Å²) in [5.74, 6) is 0.795. The van der Waals surface area contributed by atoms with Crippen LogP contribution in [0.15, 0.2) is 57.4 Å². The van der Waals surface area contributed by atoms with E-state index in [1.807, 2.05) is 6.07 Å². The maximum absolute atomic E-state index is 4.33. The molecular formula is C15H8BrN4S. The Hall–Kier alpha value is -1.92. The van der Waals surface area contributed by atoms with E-state index in [9.17, 15) is 0 Å². The summed E-state index contributed by atoms with van der Waals surface area (Å²) in [5.41, 5.74) is 3.11. The number of aromatic nitrogens is 3. The summed E-state index contributed by atoms with van der Waals surface area (Å²) >= 11 is 5.10. The summed E-state index contributed by atoms with van der Waals surface area (Å²) in [6.45, 7) is 0. The van der Waals surface area contributed by atoms with Crippen LogP contribution in [0.1, 0.15) is 0 Å². The molecule has 1 aromatic carbocycles. The molecule has 0 spiro atoms. The number of nitrogens with one attached hydrogen (secondary N) is 1. The Bertz CT molecular complexity index is 837. The molecule has 3 heterocycles. The fourth-order valence-electron chi connectivity index (χ4n) is 2.15. The van der Waals surface area contributed by atoms with Gasteiger partial charge in [0.1, 0.15) is 9.63 Å². The minimum absolute atomic E-state index is 0.795. The van der Waals surface area contributed by atoms with Crippen LogP contribution in [0.25, 0.3) is 11.1 Å². The SMILES string of the molecule is Brc1nc[c]cc1-c1ccc2c(c1)Nc1nccnc1S2. The molecule has 1 N–H and O–H groups in total. The number of nitrogens with zero attached hydrogens (tertiary/aromatic N) is 3.